The highest BCUT2D eigenvalue weighted by Crippen LogP contribution is 2.15. The van der Waals surface area contributed by atoms with Crippen molar-refractivity contribution in [1.82, 2.24) is 20.4 Å². The summed E-state index contributed by atoms with van der Waals surface area (Å²) < 4.78 is 36.9. The zero-order valence-electron chi connectivity index (χ0n) is 15.1. The number of alkyl halides is 3. The largest absolute Gasteiger partial charge is 0.406 e. The average Bonchev–Trinajstić information content (AvgIpc) is 2.50. The molecule has 1 heterocycles. The van der Waals surface area contributed by atoms with E-state index in [-0.39, 0.29) is 12.6 Å². The highest BCUT2D eigenvalue weighted by molar-refractivity contribution is 5.86. The number of likely N-dealkylation sites (tertiary alicyclic amines) is 1. The molecular weight excluding hydrogens is 335 g/mol. The first-order valence-corrected chi connectivity index (χ1v) is 8.25. The Balaban J connectivity index is 2.36. The first-order valence-electron chi connectivity index (χ1n) is 8.25. The van der Waals surface area contributed by atoms with Crippen molar-refractivity contribution in [2.45, 2.75) is 32.0 Å². The highest BCUT2D eigenvalue weighted by Gasteiger charge is 2.31. The van der Waals surface area contributed by atoms with Gasteiger partial charge < -0.3 is 15.5 Å². The second kappa shape index (κ2) is 9.65. The van der Waals surface area contributed by atoms with Crippen LogP contribution in [0.25, 0.3) is 0 Å². The summed E-state index contributed by atoms with van der Waals surface area (Å²) in [6, 6.07) is 0.218. The minimum atomic E-state index is -4.40. The number of amides is 1. The maximum Gasteiger partial charge on any atom is 0.406 e. The molecule has 1 aliphatic heterocycles. The molecule has 0 bridgehead atoms. The lowest BCUT2D eigenvalue weighted by Crippen LogP contribution is -2.51. The molecule has 0 atom stereocenters. The van der Waals surface area contributed by atoms with E-state index >= 15 is 0 Å². The van der Waals surface area contributed by atoms with E-state index in [4.69, 9.17) is 0 Å². The lowest BCUT2D eigenvalue weighted by molar-refractivity contribution is -0.157. The second-order valence-electron chi connectivity index (χ2n) is 6.44. The van der Waals surface area contributed by atoms with E-state index in [0.717, 1.165) is 45.1 Å². The zero-order valence-corrected chi connectivity index (χ0v) is 15.1. The van der Waals surface area contributed by atoms with Crippen molar-refractivity contribution >= 4 is 11.9 Å². The molecule has 25 heavy (non-hydrogen) atoms. The zero-order chi connectivity index (χ0) is 19.0. The van der Waals surface area contributed by atoms with Crippen molar-refractivity contribution in [3.8, 4) is 0 Å². The minimum absolute atomic E-state index is 0.218. The van der Waals surface area contributed by atoms with Crippen LogP contribution in [0, 0.1) is 0 Å². The normalized spacial score (nSPS) is 17.3. The molecule has 9 heteroatoms. The molecule has 1 aliphatic rings. The predicted octanol–water partition coefficient (Wildman–Crippen LogP) is 1.21. The molecule has 0 aromatic heterocycles. The molecule has 0 spiro atoms. The summed E-state index contributed by atoms with van der Waals surface area (Å²) in [5.41, 5.74) is 1.13. The van der Waals surface area contributed by atoms with Crippen molar-refractivity contribution in [2.24, 2.45) is 4.99 Å². The van der Waals surface area contributed by atoms with Gasteiger partial charge in [-0.1, -0.05) is 12.2 Å². The van der Waals surface area contributed by atoms with Gasteiger partial charge in [0.2, 0.25) is 5.91 Å². The third-order valence-corrected chi connectivity index (χ3v) is 3.89. The molecule has 1 saturated heterocycles. The summed E-state index contributed by atoms with van der Waals surface area (Å²) in [4.78, 5) is 18.7. The summed E-state index contributed by atoms with van der Waals surface area (Å²) in [5, 5.41) is 6.00. The molecule has 1 amide bonds. The number of carbonyl (C=O) groups is 1. The topological polar surface area (TPSA) is 60.0 Å². The van der Waals surface area contributed by atoms with Gasteiger partial charge in [-0.25, -0.2) is 0 Å². The van der Waals surface area contributed by atoms with Gasteiger partial charge in [0.15, 0.2) is 5.96 Å². The monoisotopic (exact) mass is 363 g/mol. The van der Waals surface area contributed by atoms with Crippen molar-refractivity contribution in [2.75, 3.05) is 46.8 Å². The van der Waals surface area contributed by atoms with Gasteiger partial charge in [0.25, 0.3) is 0 Å². The number of rotatable bonds is 6. The summed E-state index contributed by atoms with van der Waals surface area (Å²) in [5.74, 6) is -0.219. The fourth-order valence-electron chi connectivity index (χ4n) is 2.66. The van der Waals surface area contributed by atoms with Crippen LogP contribution in [0.3, 0.4) is 0 Å². The van der Waals surface area contributed by atoms with Crippen LogP contribution in [0.15, 0.2) is 17.1 Å². The average molecular weight is 363 g/mol. The SMILES string of the molecule is C=C(C)CN1CCC(NC(=NC)NCC(=O)N(C)CC(F)(F)F)CC1. The van der Waals surface area contributed by atoms with E-state index in [2.05, 4.69) is 27.1 Å². The number of nitrogens with zero attached hydrogens (tertiary/aromatic N) is 3. The van der Waals surface area contributed by atoms with E-state index in [9.17, 15) is 18.0 Å². The van der Waals surface area contributed by atoms with Crippen LogP contribution in [0.5, 0.6) is 0 Å². The number of likely N-dealkylation sites (N-methyl/N-ethyl adjacent to an activating group) is 1. The molecule has 1 fully saturated rings. The first kappa shape index (κ1) is 21.3. The van der Waals surface area contributed by atoms with Gasteiger partial charge in [-0.05, 0) is 19.8 Å². The Kier molecular flexibility index (Phi) is 8.21. The van der Waals surface area contributed by atoms with Crippen LogP contribution < -0.4 is 10.6 Å². The van der Waals surface area contributed by atoms with Gasteiger partial charge in [-0.3, -0.25) is 14.7 Å². The van der Waals surface area contributed by atoms with E-state index < -0.39 is 18.6 Å². The van der Waals surface area contributed by atoms with Crippen LogP contribution in [0.4, 0.5) is 13.2 Å². The predicted molar refractivity (Wildman–Crippen MR) is 92.5 cm³/mol. The number of hydrogen-bond donors (Lipinski definition) is 2. The van der Waals surface area contributed by atoms with Crippen LogP contribution in [0.1, 0.15) is 19.8 Å². The number of hydrogen-bond acceptors (Lipinski definition) is 3. The van der Waals surface area contributed by atoms with Crippen LogP contribution in [-0.4, -0.2) is 80.7 Å². The van der Waals surface area contributed by atoms with E-state index in [1.807, 2.05) is 6.92 Å². The van der Waals surface area contributed by atoms with E-state index in [0.29, 0.717) is 10.9 Å². The van der Waals surface area contributed by atoms with E-state index in [1.54, 1.807) is 7.05 Å². The van der Waals surface area contributed by atoms with Crippen molar-refractivity contribution < 1.29 is 18.0 Å². The number of halogens is 3. The summed E-state index contributed by atoms with van der Waals surface area (Å²) in [6.07, 6.45) is -2.55. The van der Waals surface area contributed by atoms with Crippen LogP contribution in [0.2, 0.25) is 0 Å². The van der Waals surface area contributed by atoms with Crippen molar-refractivity contribution in [1.29, 1.82) is 0 Å². The highest BCUT2D eigenvalue weighted by atomic mass is 19.4. The fourth-order valence-corrected chi connectivity index (χ4v) is 2.66. The van der Waals surface area contributed by atoms with Crippen LogP contribution in [-0.2, 0) is 4.79 Å². The Morgan fingerprint density at radius 3 is 2.44 bits per heavy atom. The standard InChI is InChI=1S/C16H28F3N5O/c1-12(2)10-24-7-5-13(6-8-24)22-15(20-3)21-9-14(25)23(4)11-16(17,18)19/h13H,1,5-11H2,2-4H3,(H2,20,21,22). The first-order chi connectivity index (χ1) is 11.6. The third-order valence-electron chi connectivity index (χ3n) is 3.89. The Morgan fingerprint density at radius 1 is 1.36 bits per heavy atom. The molecule has 1 rings (SSSR count). The van der Waals surface area contributed by atoms with Gasteiger partial charge in [0, 0.05) is 39.8 Å². The number of nitrogens with one attached hydrogen (secondary N) is 2. The second-order valence-corrected chi connectivity index (χ2v) is 6.44. The molecular formula is C16H28F3N5O. The number of piperidine rings is 1. The molecule has 144 valence electrons. The summed E-state index contributed by atoms with van der Waals surface area (Å²) in [6.45, 7) is 7.19. The summed E-state index contributed by atoms with van der Waals surface area (Å²) >= 11 is 0. The summed E-state index contributed by atoms with van der Waals surface area (Å²) in [7, 11) is 2.69. The van der Waals surface area contributed by atoms with Crippen molar-refractivity contribution in [3.05, 3.63) is 12.2 Å². The maximum atomic E-state index is 12.3. The lowest BCUT2D eigenvalue weighted by Gasteiger charge is -2.33. The molecule has 0 aliphatic carbocycles. The van der Waals surface area contributed by atoms with Crippen LogP contribution >= 0.6 is 0 Å². The molecule has 0 saturated carbocycles. The number of guanidine groups is 1. The molecule has 0 unspecified atom stereocenters. The Hall–Kier alpha value is -1.77. The minimum Gasteiger partial charge on any atom is -0.354 e. The molecule has 0 radical (unpaired) electrons. The van der Waals surface area contributed by atoms with Gasteiger partial charge in [-0.2, -0.15) is 13.2 Å². The lowest BCUT2D eigenvalue weighted by atomic mass is 10.0. The van der Waals surface area contributed by atoms with Crippen molar-refractivity contribution in [3.63, 3.8) is 0 Å². The third kappa shape index (κ3) is 8.76. The van der Waals surface area contributed by atoms with E-state index in [1.165, 1.54) is 0 Å². The molecule has 0 aromatic rings. The van der Waals surface area contributed by atoms with Gasteiger partial charge >= 0.3 is 6.18 Å². The Bertz CT molecular complexity index is 485. The number of carbonyl (C=O) groups excluding carboxylic acids is 1. The Labute approximate surface area is 147 Å². The molecule has 0 aromatic carbocycles. The number of aliphatic imine (C=N–C) groups is 1. The van der Waals surface area contributed by atoms with Gasteiger partial charge in [0.05, 0.1) is 6.54 Å². The van der Waals surface area contributed by atoms with Gasteiger partial charge in [0.1, 0.15) is 6.54 Å². The quantitative estimate of drug-likeness (QED) is 0.423. The molecule has 6 nitrogen and oxygen atoms in total. The fraction of sp³-hybridized carbons (Fsp3) is 0.750. The smallest absolute Gasteiger partial charge is 0.354 e. The Morgan fingerprint density at radius 2 is 1.96 bits per heavy atom. The molecule has 2 N–H and O–H groups in total. The van der Waals surface area contributed by atoms with Gasteiger partial charge in [-0.15, -0.1) is 0 Å². The maximum absolute atomic E-state index is 12.3.